The molecule has 1 aromatic carbocycles. The maximum absolute atomic E-state index is 6.28. The zero-order chi connectivity index (χ0) is 14.7. The van der Waals surface area contributed by atoms with Crippen molar-refractivity contribution in [3.63, 3.8) is 0 Å². The first-order valence-corrected chi connectivity index (χ1v) is 7.94. The third kappa shape index (κ3) is 3.09. The number of anilines is 2. The number of para-hydroxylation sites is 1. The molecule has 0 radical (unpaired) electrons. The molecular formula is C16H17Cl2N3. The van der Waals surface area contributed by atoms with Crippen molar-refractivity contribution in [2.24, 2.45) is 0 Å². The molecule has 110 valence electrons. The summed E-state index contributed by atoms with van der Waals surface area (Å²) < 4.78 is 0. The van der Waals surface area contributed by atoms with Gasteiger partial charge in [-0.05, 0) is 18.2 Å². The van der Waals surface area contributed by atoms with Crippen molar-refractivity contribution in [2.45, 2.75) is 5.88 Å². The molecule has 2 aromatic rings. The van der Waals surface area contributed by atoms with Gasteiger partial charge in [-0.15, -0.1) is 11.6 Å². The summed E-state index contributed by atoms with van der Waals surface area (Å²) in [6, 6.07) is 10.1. The standard InChI is InChI=1S/C16H17Cl2N3/c17-11-13-12-19-6-5-15(13)20-7-9-21(10-8-20)16-4-2-1-3-14(16)18/h1-6,12H,7-11H2. The minimum Gasteiger partial charge on any atom is -0.368 e. The van der Waals surface area contributed by atoms with Crippen LogP contribution in [0.3, 0.4) is 0 Å². The minimum atomic E-state index is 0.494. The van der Waals surface area contributed by atoms with E-state index in [2.05, 4.69) is 20.9 Å². The Morgan fingerprint density at radius 1 is 0.952 bits per heavy atom. The quantitative estimate of drug-likeness (QED) is 0.801. The summed E-state index contributed by atoms with van der Waals surface area (Å²) in [5.41, 5.74) is 3.40. The number of rotatable bonds is 3. The van der Waals surface area contributed by atoms with Gasteiger partial charge in [0.15, 0.2) is 0 Å². The summed E-state index contributed by atoms with van der Waals surface area (Å²) in [6.45, 7) is 3.82. The Morgan fingerprint density at radius 2 is 1.62 bits per heavy atom. The number of alkyl halides is 1. The van der Waals surface area contributed by atoms with Crippen LogP contribution in [-0.2, 0) is 5.88 Å². The van der Waals surface area contributed by atoms with E-state index in [0.29, 0.717) is 5.88 Å². The topological polar surface area (TPSA) is 19.4 Å². The third-order valence-corrected chi connectivity index (χ3v) is 4.44. The Labute approximate surface area is 135 Å². The molecule has 0 atom stereocenters. The fourth-order valence-corrected chi connectivity index (χ4v) is 3.19. The van der Waals surface area contributed by atoms with E-state index < -0.39 is 0 Å². The van der Waals surface area contributed by atoms with E-state index in [0.717, 1.165) is 42.5 Å². The predicted molar refractivity (Wildman–Crippen MR) is 89.7 cm³/mol. The fraction of sp³-hybridized carbons (Fsp3) is 0.312. The molecule has 0 saturated carbocycles. The van der Waals surface area contributed by atoms with E-state index >= 15 is 0 Å². The average molecular weight is 322 g/mol. The molecule has 21 heavy (non-hydrogen) atoms. The second-order valence-corrected chi connectivity index (χ2v) is 5.74. The lowest BCUT2D eigenvalue weighted by molar-refractivity contribution is 0.652. The molecule has 0 amide bonds. The summed E-state index contributed by atoms with van der Waals surface area (Å²) in [4.78, 5) is 8.85. The first kappa shape index (κ1) is 14.5. The second-order valence-electron chi connectivity index (χ2n) is 5.06. The van der Waals surface area contributed by atoms with Crippen LogP contribution in [0, 0.1) is 0 Å². The molecule has 0 bridgehead atoms. The monoisotopic (exact) mass is 321 g/mol. The van der Waals surface area contributed by atoms with Crippen LogP contribution in [0.4, 0.5) is 11.4 Å². The maximum atomic E-state index is 6.28. The number of hydrogen-bond acceptors (Lipinski definition) is 3. The molecule has 1 fully saturated rings. The number of nitrogens with zero attached hydrogens (tertiary/aromatic N) is 3. The molecule has 5 heteroatoms. The largest absolute Gasteiger partial charge is 0.368 e. The van der Waals surface area contributed by atoms with Gasteiger partial charge in [-0.25, -0.2) is 0 Å². The average Bonchev–Trinajstić information content (AvgIpc) is 2.55. The lowest BCUT2D eigenvalue weighted by Gasteiger charge is -2.38. The maximum Gasteiger partial charge on any atom is 0.0639 e. The van der Waals surface area contributed by atoms with Gasteiger partial charge >= 0.3 is 0 Å². The molecular weight excluding hydrogens is 305 g/mol. The smallest absolute Gasteiger partial charge is 0.0639 e. The summed E-state index contributed by atoms with van der Waals surface area (Å²) >= 11 is 12.3. The van der Waals surface area contributed by atoms with E-state index in [1.54, 1.807) is 0 Å². The van der Waals surface area contributed by atoms with Crippen molar-refractivity contribution in [3.8, 4) is 0 Å². The van der Waals surface area contributed by atoms with Crippen LogP contribution >= 0.6 is 23.2 Å². The van der Waals surface area contributed by atoms with Gasteiger partial charge in [0, 0.05) is 49.8 Å². The predicted octanol–water partition coefficient (Wildman–Crippen LogP) is 3.80. The zero-order valence-electron chi connectivity index (χ0n) is 11.7. The van der Waals surface area contributed by atoms with Crippen LogP contribution in [0.1, 0.15) is 5.56 Å². The first-order valence-electron chi connectivity index (χ1n) is 7.03. The van der Waals surface area contributed by atoms with E-state index in [1.807, 2.05) is 36.7 Å². The van der Waals surface area contributed by atoms with Gasteiger partial charge in [0.05, 0.1) is 16.6 Å². The number of hydrogen-bond donors (Lipinski definition) is 0. The highest BCUT2D eigenvalue weighted by molar-refractivity contribution is 6.33. The Bertz CT molecular complexity index is 610. The first-order chi connectivity index (χ1) is 10.3. The van der Waals surface area contributed by atoms with Crippen molar-refractivity contribution in [1.82, 2.24) is 4.98 Å². The molecule has 1 aliphatic rings. The SMILES string of the molecule is ClCc1cnccc1N1CCN(c2ccccc2Cl)CC1. The molecule has 0 spiro atoms. The van der Waals surface area contributed by atoms with Crippen LogP contribution < -0.4 is 9.80 Å². The van der Waals surface area contributed by atoms with Crippen molar-refractivity contribution >= 4 is 34.6 Å². The van der Waals surface area contributed by atoms with Gasteiger partial charge in [-0.3, -0.25) is 4.98 Å². The van der Waals surface area contributed by atoms with Gasteiger partial charge in [-0.1, -0.05) is 23.7 Å². The van der Waals surface area contributed by atoms with E-state index in [4.69, 9.17) is 23.2 Å². The molecule has 2 heterocycles. The molecule has 1 saturated heterocycles. The number of pyridine rings is 1. The Balaban J connectivity index is 1.72. The van der Waals surface area contributed by atoms with E-state index in [9.17, 15) is 0 Å². The molecule has 0 unspecified atom stereocenters. The van der Waals surface area contributed by atoms with Crippen LogP contribution in [-0.4, -0.2) is 31.2 Å². The van der Waals surface area contributed by atoms with Crippen molar-refractivity contribution in [3.05, 3.63) is 53.3 Å². The molecule has 3 rings (SSSR count). The fourth-order valence-electron chi connectivity index (χ4n) is 2.73. The number of piperazine rings is 1. The lowest BCUT2D eigenvalue weighted by Crippen LogP contribution is -2.46. The van der Waals surface area contributed by atoms with Crippen LogP contribution in [0.15, 0.2) is 42.7 Å². The van der Waals surface area contributed by atoms with Gasteiger partial charge in [-0.2, -0.15) is 0 Å². The Kier molecular flexibility index (Phi) is 4.51. The van der Waals surface area contributed by atoms with Gasteiger partial charge < -0.3 is 9.80 Å². The highest BCUT2D eigenvalue weighted by Crippen LogP contribution is 2.28. The Hall–Kier alpha value is -1.45. The van der Waals surface area contributed by atoms with Crippen molar-refractivity contribution < 1.29 is 0 Å². The van der Waals surface area contributed by atoms with Crippen molar-refractivity contribution in [1.29, 1.82) is 0 Å². The number of halogens is 2. The van der Waals surface area contributed by atoms with E-state index in [-0.39, 0.29) is 0 Å². The third-order valence-electron chi connectivity index (χ3n) is 3.84. The molecule has 1 aromatic heterocycles. The van der Waals surface area contributed by atoms with Crippen LogP contribution in [0.2, 0.25) is 5.02 Å². The normalized spacial score (nSPS) is 15.3. The molecule has 0 aliphatic carbocycles. The van der Waals surface area contributed by atoms with Gasteiger partial charge in [0.1, 0.15) is 0 Å². The summed E-state index contributed by atoms with van der Waals surface area (Å²) in [7, 11) is 0. The van der Waals surface area contributed by atoms with Crippen LogP contribution in [0.25, 0.3) is 0 Å². The van der Waals surface area contributed by atoms with Crippen LogP contribution in [0.5, 0.6) is 0 Å². The molecule has 0 N–H and O–H groups in total. The second kappa shape index (κ2) is 6.54. The van der Waals surface area contributed by atoms with Crippen molar-refractivity contribution in [2.75, 3.05) is 36.0 Å². The summed E-state index contributed by atoms with van der Waals surface area (Å²) in [6.07, 6.45) is 3.68. The molecule has 1 aliphatic heterocycles. The zero-order valence-corrected chi connectivity index (χ0v) is 13.2. The number of benzene rings is 1. The molecule has 3 nitrogen and oxygen atoms in total. The summed E-state index contributed by atoms with van der Waals surface area (Å²) in [5, 5.41) is 0.816. The lowest BCUT2D eigenvalue weighted by atomic mass is 10.2. The summed E-state index contributed by atoms with van der Waals surface area (Å²) in [5.74, 6) is 0.494. The Morgan fingerprint density at radius 3 is 2.29 bits per heavy atom. The number of aromatic nitrogens is 1. The minimum absolute atomic E-state index is 0.494. The van der Waals surface area contributed by atoms with Gasteiger partial charge in [0.2, 0.25) is 0 Å². The van der Waals surface area contributed by atoms with E-state index in [1.165, 1.54) is 5.69 Å². The van der Waals surface area contributed by atoms with Gasteiger partial charge in [0.25, 0.3) is 0 Å². The highest BCUT2D eigenvalue weighted by atomic mass is 35.5. The highest BCUT2D eigenvalue weighted by Gasteiger charge is 2.20.